The Hall–Kier alpha value is -2.10. The molecule has 0 fully saturated rings. The maximum Gasteiger partial charge on any atom is 0.128 e. The van der Waals surface area contributed by atoms with Crippen LogP contribution < -0.4 is 10.1 Å². The van der Waals surface area contributed by atoms with Gasteiger partial charge < -0.3 is 10.1 Å². The Kier molecular flexibility index (Phi) is 4.00. The van der Waals surface area contributed by atoms with Gasteiger partial charge in [0.05, 0.1) is 7.11 Å². The van der Waals surface area contributed by atoms with Gasteiger partial charge in [0.25, 0.3) is 0 Å². The predicted octanol–water partition coefficient (Wildman–Crippen LogP) is 4.15. The molecule has 0 aliphatic heterocycles. The molecule has 100 valence electrons. The highest BCUT2D eigenvalue weighted by atomic mass is 19.1. The van der Waals surface area contributed by atoms with Crippen molar-refractivity contribution in [3.8, 4) is 5.75 Å². The van der Waals surface area contributed by atoms with E-state index >= 15 is 0 Å². The largest absolute Gasteiger partial charge is 0.497 e. The summed E-state index contributed by atoms with van der Waals surface area (Å²) in [6, 6.07) is 10.8. The minimum atomic E-state index is -0.597. The molecular formula is C15H15F2NO. The number of hydrogen-bond acceptors (Lipinski definition) is 2. The monoisotopic (exact) mass is 263 g/mol. The zero-order chi connectivity index (χ0) is 13.8. The van der Waals surface area contributed by atoms with Crippen LogP contribution in [0.5, 0.6) is 5.75 Å². The molecule has 2 rings (SSSR count). The number of nitrogens with one attached hydrogen (secondary N) is 1. The number of benzene rings is 2. The quantitative estimate of drug-likeness (QED) is 0.894. The summed E-state index contributed by atoms with van der Waals surface area (Å²) >= 11 is 0. The predicted molar refractivity (Wildman–Crippen MR) is 71.4 cm³/mol. The van der Waals surface area contributed by atoms with Gasteiger partial charge in [0.15, 0.2) is 0 Å². The lowest BCUT2D eigenvalue weighted by Crippen LogP contribution is -2.07. The summed E-state index contributed by atoms with van der Waals surface area (Å²) in [5.41, 5.74) is 1.39. The van der Waals surface area contributed by atoms with Gasteiger partial charge in [0.2, 0.25) is 0 Å². The molecule has 0 heterocycles. The minimum Gasteiger partial charge on any atom is -0.497 e. The van der Waals surface area contributed by atoms with Crippen molar-refractivity contribution in [1.29, 1.82) is 0 Å². The van der Waals surface area contributed by atoms with Gasteiger partial charge in [-0.1, -0.05) is 12.1 Å². The van der Waals surface area contributed by atoms with Gasteiger partial charge in [0, 0.05) is 17.8 Å². The Balaban J connectivity index is 2.17. The topological polar surface area (TPSA) is 21.3 Å². The molecule has 19 heavy (non-hydrogen) atoms. The fourth-order valence-electron chi connectivity index (χ4n) is 1.88. The molecule has 0 saturated carbocycles. The lowest BCUT2D eigenvalue weighted by atomic mass is 10.1. The van der Waals surface area contributed by atoms with Crippen LogP contribution in [0.25, 0.3) is 0 Å². The number of rotatable bonds is 4. The van der Waals surface area contributed by atoms with Crippen LogP contribution in [-0.2, 0) is 0 Å². The molecule has 0 aliphatic rings. The maximum atomic E-state index is 13.1. The van der Waals surface area contributed by atoms with E-state index in [1.165, 1.54) is 12.1 Å². The van der Waals surface area contributed by atoms with Crippen LogP contribution in [-0.4, -0.2) is 7.11 Å². The lowest BCUT2D eigenvalue weighted by Gasteiger charge is -2.16. The van der Waals surface area contributed by atoms with Gasteiger partial charge in [0.1, 0.15) is 17.4 Å². The number of methoxy groups -OCH3 is 1. The second-order valence-electron chi connectivity index (χ2n) is 4.30. The van der Waals surface area contributed by atoms with Crippen molar-refractivity contribution < 1.29 is 13.5 Å². The second kappa shape index (κ2) is 5.69. The van der Waals surface area contributed by atoms with Crippen molar-refractivity contribution in [2.45, 2.75) is 13.0 Å². The molecule has 1 unspecified atom stereocenters. The molecule has 0 aromatic heterocycles. The molecule has 2 nitrogen and oxygen atoms in total. The van der Waals surface area contributed by atoms with Crippen LogP contribution >= 0.6 is 0 Å². The minimum absolute atomic E-state index is 0.0868. The van der Waals surface area contributed by atoms with E-state index in [0.29, 0.717) is 5.69 Å². The smallest absolute Gasteiger partial charge is 0.128 e. The highest BCUT2D eigenvalue weighted by Crippen LogP contribution is 2.23. The molecule has 0 amide bonds. The van der Waals surface area contributed by atoms with E-state index in [9.17, 15) is 8.78 Å². The molecular weight excluding hydrogens is 248 g/mol. The van der Waals surface area contributed by atoms with Crippen LogP contribution in [0.3, 0.4) is 0 Å². The Morgan fingerprint density at radius 3 is 2.37 bits per heavy atom. The number of ether oxygens (including phenoxy) is 1. The van der Waals surface area contributed by atoms with E-state index in [0.717, 1.165) is 17.4 Å². The SMILES string of the molecule is COc1cccc(C(C)Nc2cc(F)cc(F)c2)c1. The van der Waals surface area contributed by atoms with E-state index in [1.807, 2.05) is 31.2 Å². The third-order valence-corrected chi connectivity index (χ3v) is 2.84. The average Bonchev–Trinajstić information content (AvgIpc) is 2.37. The van der Waals surface area contributed by atoms with Crippen LogP contribution in [0.4, 0.5) is 14.5 Å². The van der Waals surface area contributed by atoms with Crippen LogP contribution in [0, 0.1) is 11.6 Å². The molecule has 1 atom stereocenters. The van der Waals surface area contributed by atoms with E-state index in [4.69, 9.17) is 4.74 Å². The Morgan fingerprint density at radius 2 is 1.74 bits per heavy atom. The zero-order valence-electron chi connectivity index (χ0n) is 10.8. The molecule has 2 aromatic rings. The standard InChI is InChI=1S/C15H15F2NO/c1-10(11-4-3-5-15(6-11)19-2)18-14-8-12(16)7-13(17)9-14/h3-10,18H,1-2H3. The summed E-state index contributed by atoms with van der Waals surface area (Å²) in [5, 5.41) is 3.06. The third kappa shape index (κ3) is 3.44. The number of hydrogen-bond donors (Lipinski definition) is 1. The summed E-state index contributed by atoms with van der Waals surface area (Å²) in [4.78, 5) is 0. The molecule has 0 spiro atoms. The first-order valence-electron chi connectivity index (χ1n) is 5.95. The van der Waals surface area contributed by atoms with E-state index < -0.39 is 11.6 Å². The van der Waals surface area contributed by atoms with Crippen molar-refractivity contribution >= 4 is 5.69 Å². The fraction of sp³-hybridized carbons (Fsp3) is 0.200. The van der Waals surface area contributed by atoms with Gasteiger partial charge >= 0.3 is 0 Å². The van der Waals surface area contributed by atoms with Gasteiger partial charge in [-0.2, -0.15) is 0 Å². The molecule has 4 heteroatoms. The van der Waals surface area contributed by atoms with Crippen LogP contribution in [0.2, 0.25) is 0 Å². The second-order valence-corrected chi connectivity index (χ2v) is 4.30. The van der Waals surface area contributed by atoms with E-state index in [2.05, 4.69) is 5.32 Å². The van der Waals surface area contributed by atoms with Gasteiger partial charge in [-0.15, -0.1) is 0 Å². The maximum absolute atomic E-state index is 13.1. The van der Waals surface area contributed by atoms with E-state index in [-0.39, 0.29) is 6.04 Å². The normalized spacial score (nSPS) is 12.0. The van der Waals surface area contributed by atoms with Crippen molar-refractivity contribution in [2.75, 3.05) is 12.4 Å². The molecule has 2 aromatic carbocycles. The molecule has 0 saturated heterocycles. The average molecular weight is 263 g/mol. The third-order valence-electron chi connectivity index (χ3n) is 2.84. The summed E-state index contributed by atoms with van der Waals surface area (Å²) in [7, 11) is 1.60. The van der Waals surface area contributed by atoms with Crippen molar-refractivity contribution in [3.63, 3.8) is 0 Å². The number of halogens is 2. The Labute approximate surface area is 111 Å². The first-order chi connectivity index (χ1) is 9.08. The summed E-state index contributed by atoms with van der Waals surface area (Å²) in [5.74, 6) is -0.447. The molecule has 1 N–H and O–H groups in total. The van der Waals surface area contributed by atoms with Crippen molar-refractivity contribution in [2.24, 2.45) is 0 Å². The summed E-state index contributed by atoms with van der Waals surface area (Å²) in [6.07, 6.45) is 0. The van der Waals surface area contributed by atoms with Crippen LogP contribution in [0.1, 0.15) is 18.5 Å². The van der Waals surface area contributed by atoms with E-state index in [1.54, 1.807) is 7.11 Å². The zero-order valence-corrected chi connectivity index (χ0v) is 10.8. The first kappa shape index (κ1) is 13.3. The van der Waals surface area contributed by atoms with Gasteiger partial charge in [-0.05, 0) is 36.8 Å². The molecule has 0 radical (unpaired) electrons. The van der Waals surface area contributed by atoms with Gasteiger partial charge in [-0.25, -0.2) is 8.78 Å². The Morgan fingerprint density at radius 1 is 1.05 bits per heavy atom. The fourth-order valence-corrected chi connectivity index (χ4v) is 1.88. The highest BCUT2D eigenvalue weighted by Gasteiger charge is 2.08. The lowest BCUT2D eigenvalue weighted by molar-refractivity contribution is 0.414. The van der Waals surface area contributed by atoms with Crippen molar-refractivity contribution in [1.82, 2.24) is 0 Å². The highest BCUT2D eigenvalue weighted by molar-refractivity contribution is 5.46. The summed E-state index contributed by atoms with van der Waals surface area (Å²) in [6.45, 7) is 1.91. The van der Waals surface area contributed by atoms with Crippen LogP contribution in [0.15, 0.2) is 42.5 Å². The van der Waals surface area contributed by atoms with Gasteiger partial charge in [-0.3, -0.25) is 0 Å². The first-order valence-corrected chi connectivity index (χ1v) is 5.95. The number of anilines is 1. The Bertz CT molecular complexity index is 552. The molecule has 0 bridgehead atoms. The summed E-state index contributed by atoms with van der Waals surface area (Å²) < 4.78 is 31.3. The van der Waals surface area contributed by atoms with Crippen molar-refractivity contribution in [3.05, 3.63) is 59.7 Å². The molecule has 0 aliphatic carbocycles.